The van der Waals surface area contributed by atoms with E-state index in [0.29, 0.717) is 34.6 Å². The number of urea groups is 1. The van der Waals surface area contributed by atoms with Crippen LogP contribution in [0.3, 0.4) is 0 Å². The first kappa shape index (κ1) is 25.5. The minimum atomic E-state index is -0.262. The highest BCUT2D eigenvalue weighted by Crippen LogP contribution is 2.34. The summed E-state index contributed by atoms with van der Waals surface area (Å²) in [5.74, 6) is 1.77. The standard InChI is InChI=1S/C29H31ClN6O3/c30-24-16-22(10-11-25(24)35-29(37)33-20-6-7-20)39-28-23-17-26(34-27(23)31-18-32-28)19-4-8-21(9-5-19)38-15-3-14-36-12-1-2-13-36/h4-5,8-11,16-18,20H,1-3,6-7,12-15H2,(H,31,32,34)(H2,33,35,37). The highest BCUT2D eigenvalue weighted by Gasteiger charge is 2.23. The van der Waals surface area contributed by atoms with Crippen LogP contribution in [0.1, 0.15) is 32.1 Å². The smallest absolute Gasteiger partial charge is 0.319 e. The van der Waals surface area contributed by atoms with E-state index in [0.717, 1.165) is 48.2 Å². The highest BCUT2D eigenvalue weighted by molar-refractivity contribution is 6.33. The molecule has 39 heavy (non-hydrogen) atoms. The monoisotopic (exact) mass is 546 g/mol. The summed E-state index contributed by atoms with van der Waals surface area (Å²) in [7, 11) is 0. The molecule has 4 aromatic rings. The molecule has 6 rings (SSSR count). The van der Waals surface area contributed by atoms with Crippen LogP contribution in [0, 0.1) is 0 Å². The maximum Gasteiger partial charge on any atom is 0.319 e. The first-order valence-corrected chi connectivity index (χ1v) is 13.8. The molecule has 1 saturated carbocycles. The number of benzene rings is 2. The molecule has 2 aromatic carbocycles. The number of nitrogens with zero attached hydrogens (tertiary/aromatic N) is 3. The van der Waals surface area contributed by atoms with Crippen LogP contribution in [-0.4, -0.2) is 58.2 Å². The quantitative estimate of drug-likeness (QED) is 0.204. The van der Waals surface area contributed by atoms with Crippen molar-refractivity contribution >= 4 is 34.4 Å². The Hall–Kier alpha value is -3.82. The van der Waals surface area contributed by atoms with Crippen LogP contribution in [0.4, 0.5) is 10.5 Å². The van der Waals surface area contributed by atoms with Crippen LogP contribution in [0.2, 0.25) is 5.02 Å². The second-order valence-electron chi connectivity index (χ2n) is 10.0. The zero-order valence-corrected chi connectivity index (χ0v) is 22.3. The number of anilines is 1. The summed E-state index contributed by atoms with van der Waals surface area (Å²) in [4.78, 5) is 26.6. The van der Waals surface area contributed by atoms with E-state index >= 15 is 0 Å². The molecule has 0 unspecified atom stereocenters. The zero-order valence-electron chi connectivity index (χ0n) is 21.6. The Labute approximate surface area is 231 Å². The van der Waals surface area contributed by atoms with E-state index < -0.39 is 0 Å². The van der Waals surface area contributed by atoms with Gasteiger partial charge in [0.05, 0.1) is 22.7 Å². The number of likely N-dealkylation sites (tertiary alicyclic amines) is 1. The molecule has 9 nitrogen and oxygen atoms in total. The van der Waals surface area contributed by atoms with Gasteiger partial charge in [0.1, 0.15) is 23.5 Å². The number of amides is 2. The first-order chi connectivity index (χ1) is 19.1. The molecular weight excluding hydrogens is 516 g/mol. The number of hydrogen-bond donors (Lipinski definition) is 3. The van der Waals surface area contributed by atoms with Gasteiger partial charge in [-0.3, -0.25) is 0 Å². The number of halogens is 1. The van der Waals surface area contributed by atoms with E-state index in [1.54, 1.807) is 18.2 Å². The van der Waals surface area contributed by atoms with E-state index in [1.165, 1.54) is 32.3 Å². The van der Waals surface area contributed by atoms with Crippen LogP contribution in [0.5, 0.6) is 17.4 Å². The van der Waals surface area contributed by atoms with Crippen molar-refractivity contribution in [3.05, 3.63) is 59.9 Å². The van der Waals surface area contributed by atoms with Crippen LogP contribution >= 0.6 is 11.6 Å². The molecule has 2 aliphatic rings. The third-order valence-corrected chi connectivity index (χ3v) is 7.27. The predicted molar refractivity (Wildman–Crippen MR) is 152 cm³/mol. The number of H-pyrrole nitrogens is 1. The van der Waals surface area contributed by atoms with E-state index in [2.05, 4.69) is 30.5 Å². The fraction of sp³-hybridized carbons (Fsp3) is 0.345. The van der Waals surface area contributed by atoms with Gasteiger partial charge < -0.3 is 30.0 Å². The largest absolute Gasteiger partial charge is 0.494 e. The highest BCUT2D eigenvalue weighted by atomic mass is 35.5. The molecule has 1 aliphatic heterocycles. The van der Waals surface area contributed by atoms with Crippen molar-refractivity contribution in [3.8, 4) is 28.6 Å². The summed E-state index contributed by atoms with van der Waals surface area (Å²) in [6.07, 6.45) is 7.15. The summed E-state index contributed by atoms with van der Waals surface area (Å²) in [6, 6.07) is 15.1. The fourth-order valence-electron chi connectivity index (χ4n) is 4.71. The fourth-order valence-corrected chi connectivity index (χ4v) is 4.93. The molecule has 1 saturated heterocycles. The lowest BCUT2D eigenvalue weighted by atomic mass is 10.1. The molecule has 2 amide bonds. The minimum Gasteiger partial charge on any atom is -0.494 e. The van der Waals surface area contributed by atoms with Crippen molar-refractivity contribution in [1.29, 1.82) is 0 Å². The molecule has 10 heteroatoms. The average Bonchev–Trinajstić information content (AvgIpc) is 3.40. The molecular formula is C29H31ClN6O3. The van der Waals surface area contributed by atoms with Gasteiger partial charge in [-0.2, -0.15) is 0 Å². The van der Waals surface area contributed by atoms with Gasteiger partial charge in [0.25, 0.3) is 0 Å². The molecule has 2 fully saturated rings. The number of aromatic nitrogens is 3. The Balaban J connectivity index is 1.10. The number of hydrogen-bond acceptors (Lipinski definition) is 6. The van der Waals surface area contributed by atoms with Crippen LogP contribution in [0.15, 0.2) is 54.9 Å². The lowest BCUT2D eigenvalue weighted by molar-refractivity contribution is 0.251. The van der Waals surface area contributed by atoms with E-state index in [4.69, 9.17) is 21.1 Å². The van der Waals surface area contributed by atoms with Gasteiger partial charge in [-0.15, -0.1) is 0 Å². The molecule has 202 valence electrons. The number of carbonyl (C=O) groups excluding carboxylic acids is 1. The second kappa shape index (κ2) is 11.5. The summed E-state index contributed by atoms with van der Waals surface area (Å²) < 4.78 is 12.0. The molecule has 0 spiro atoms. The number of fused-ring (bicyclic) bond motifs is 1. The van der Waals surface area contributed by atoms with Crippen molar-refractivity contribution in [1.82, 2.24) is 25.2 Å². The maximum atomic E-state index is 12.0. The number of nitrogens with one attached hydrogen (secondary N) is 3. The molecule has 0 radical (unpaired) electrons. The SMILES string of the molecule is O=C(Nc1ccc(Oc2ncnc3[nH]c(-c4ccc(OCCCN5CCCC5)cc4)cc23)cc1Cl)NC1CC1. The lowest BCUT2D eigenvalue weighted by Crippen LogP contribution is -2.30. The van der Waals surface area contributed by atoms with Crippen LogP contribution in [-0.2, 0) is 0 Å². The average molecular weight is 547 g/mol. The van der Waals surface area contributed by atoms with Crippen LogP contribution < -0.4 is 20.1 Å². The third-order valence-electron chi connectivity index (χ3n) is 6.96. The van der Waals surface area contributed by atoms with Gasteiger partial charge in [0.2, 0.25) is 5.88 Å². The third kappa shape index (κ3) is 6.43. The Morgan fingerprint density at radius 1 is 1.05 bits per heavy atom. The molecule has 2 aromatic heterocycles. The minimum absolute atomic E-state index is 0.262. The number of carbonyl (C=O) groups is 1. The van der Waals surface area contributed by atoms with Crippen molar-refractivity contribution in [2.75, 3.05) is 31.6 Å². The number of rotatable bonds is 10. The van der Waals surface area contributed by atoms with Crippen LogP contribution in [0.25, 0.3) is 22.3 Å². The van der Waals surface area contributed by atoms with Gasteiger partial charge >= 0.3 is 6.03 Å². The summed E-state index contributed by atoms with van der Waals surface area (Å²) in [5.41, 5.74) is 3.08. The normalized spacial score (nSPS) is 15.4. The Bertz CT molecular complexity index is 1450. The van der Waals surface area contributed by atoms with Gasteiger partial charge in [-0.25, -0.2) is 14.8 Å². The maximum absolute atomic E-state index is 12.0. The van der Waals surface area contributed by atoms with Crippen molar-refractivity contribution in [2.45, 2.75) is 38.1 Å². The van der Waals surface area contributed by atoms with Gasteiger partial charge in [-0.1, -0.05) is 11.6 Å². The van der Waals surface area contributed by atoms with Gasteiger partial charge in [-0.05, 0) is 93.2 Å². The molecule has 1 aliphatic carbocycles. The van der Waals surface area contributed by atoms with Gasteiger partial charge in [0, 0.05) is 24.3 Å². The van der Waals surface area contributed by atoms with E-state index in [1.807, 2.05) is 30.3 Å². The second-order valence-corrected chi connectivity index (χ2v) is 10.4. The van der Waals surface area contributed by atoms with E-state index in [9.17, 15) is 4.79 Å². The topological polar surface area (TPSA) is 104 Å². The summed E-state index contributed by atoms with van der Waals surface area (Å²) in [6.45, 7) is 4.25. The number of ether oxygens (including phenoxy) is 2. The van der Waals surface area contributed by atoms with Crippen molar-refractivity contribution < 1.29 is 14.3 Å². The summed E-state index contributed by atoms with van der Waals surface area (Å²) >= 11 is 6.40. The Morgan fingerprint density at radius 2 is 1.85 bits per heavy atom. The molecule has 3 N–H and O–H groups in total. The van der Waals surface area contributed by atoms with E-state index in [-0.39, 0.29) is 12.1 Å². The zero-order chi connectivity index (χ0) is 26.6. The molecule has 0 atom stereocenters. The lowest BCUT2D eigenvalue weighted by Gasteiger charge is -2.14. The predicted octanol–water partition coefficient (Wildman–Crippen LogP) is 6.22. The first-order valence-electron chi connectivity index (χ1n) is 13.4. The van der Waals surface area contributed by atoms with Crippen molar-refractivity contribution in [2.24, 2.45) is 0 Å². The molecule has 3 heterocycles. The Kier molecular flexibility index (Phi) is 7.51. The Morgan fingerprint density at radius 3 is 2.62 bits per heavy atom. The summed E-state index contributed by atoms with van der Waals surface area (Å²) in [5, 5.41) is 6.77. The molecule has 0 bridgehead atoms. The van der Waals surface area contributed by atoms with Crippen molar-refractivity contribution in [3.63, 3.8) is 0 Å². The van der Waals surface area contributed by atoms with Gasteiger partial charge in [0.15, 0.2) is 0 Å². The number of aromatic amines is 1.